The van der Waals surface area contributed by atoms with Gasteiger partial charge in [-0.15, -0.1) is 0 Å². The van der Waals surface area contributed by atoms with Gasteiger partial charge in [-0.3, -0.25) is 9.47 Å². The summed E-state index contributed by atoms with van der Waals surface area (Å²) in [7, 11) is 0. The Morgan fingerprint density at radius 2 is 1.78 bits per heavy atom. The predicted molar refractivity (Wildman–Crippen MR) is 131 cm³/mol. The molecule has 4 aliphatic heterocycles. The molecule has 3 aromatic rings. The molecule has 36 heavy (non-hydrogen) atoms. The minimum Gasteiger partial charge on any atom is -0.394 e. The van der Waals surface area contributed by atoms with Crippen molar-refractivity contribution in [3.05, 3.63) is 48.5 Å². The van der Waals surface area contributed by atoms with E-state index < -0.39 is 24.5 Å². The zero-order valence-corrected chi connectivity index (χ0v) is 20.0. The largest absolute Gasteiger partial charge is 0.394 e. The second-order valence-corrected chi connectivity index (χ2v) is 10.8. The van der Waals surface area contributed by atoms with Gasteiger partial charge in [0.25, 0.3) is 0 Å². The molecule has 0 amide bonds. The molecule has 10 nitrogen and oxygen atoms in total. The first-order chi connectivity index (χ1) is 17.6. The standard InChI is InChI=1S/C26H32N6O4/c33-12-20-22(34)23(35)26(36-20)32-14-29-21-24(27-13-28-25(21)32)31-9-16-6-7-19(31)18-11-30(10-17(16)18)8-15-4-2-1-3-5-15/h1-5,13-14,16-20,22-23,26,33-35H,6-12H2/t16?,17?,18?,19?,20-,22-,23-,26-/m1/s1. The summed E-state index contributed by atoms with van der Waals surface area (Å²) in [5.74, 6) is 2.79. The van der Waals surface area contributed by atoms with Crippen LogP contribution in [0.4, 0.5) is 5.82 Å². The van der Waals surface area contributed by atoms with Crippen molar-refractivity contribution in [2.45, 2.75) is 50.0 Å². The molecule has 190 valence electrons. The quantitative estimate of drug-likeness (QED) is 0.475. The van der Waals surface area contributed by atoms with E-state index in [1.807, 2.05) is 0 Å². The summed E-state index contributed by atoms with van der Waals surface area (Å²) in [6.45, 7) is 3.86. The number of hydrogen-bond acceptors (Lipinski definition) is 9. The van der Waals surface area contributed by atoms with Gasteiger partial charge >= 0.3 is 0 Å². The molecule has 4 saturated heterocycles. The number of rotatable bonds is 5. The molecule has 10 heteroatoms. The fraction of sp³-hybridized carbons (Fsp3) is 0.577. The van der Waals surface area contributed by atoms with Crippen LogP contribution in [0.15, 0.2) is 43.0 Å². The van der Waals surface area contributed by atoms with Gasteiger partial charge in [0.05, 0.1) is 12.9 Å². The van der Waals surface area contributed by atoms with Gasteiger partial charge in [-0.05, 0) is 36.2 Å². The van der Waals surface area contributed by atoms with Gasteiger partial charge in [0.15, 0.2) is 23.2 Å². The van der Waals surface area contributed by atoms with Crippen molar-refractivity contribution in [3.8, 4) is 0 Å². The first-order valence-corrected chi connectivity index (χ1v) is 12.9. The Morgan fingerprint density at radius 1 is 0.944 bits per heavy atom. The molecule has 8 rings (SSSR count). The van der Waals surface area contributed by atoms with E-state index in [1.54, 1.807) is 17.2 Å². The van der Waals surface area contributed by atoms with E-state index in [0.717, 1.165) is 44.3 Å². The molecule has 8 atom stereocenters. The Morgan fingerprint density at radius 3 is 2.58 bits per heavy atom. The van der Waals surface area contributed by atoms with E-state index >= 15 is 0 Å². The molecule has 5 aliphatic rings. The van der Waals surface area contributed by atoms with E-state index in [4.69, 9.17) is 4.74 Å². The first kappa shape index (κ1) is 22.6. The molecule has 4 unspecified atom stereocenters. The third kappa shape index (κ3) is 3.47. The maximum atomic E-state index is 10.5. The molecule has 1 aliphatic carbocycles. The van der Waals surface area contributed by atoms with Gasteiger partial charge < -0.3 is 25.0 Å². The SMILES string of the molecule is OC[C@H]1O[C@@H](n2cnc3c(N4CC5CCC4C4CN(Cc6ccccc6)CC54)ncnc32)[C@H](O)[C@@H]1O. The van der Waals surface area contributed by atoms with Gasteiger partial charge in [-0.2, -0.15) is 0 Å². The highest BCUT2D eigenvalue weighted by Gasteiger charge is 2.52. The van der Waals surface area contributed by atoms with Crippen molar-refractivity contribution in [2.75, 3.05) is 31.1 Å². The van der Waals surface area contributed by atoms with E-state index in [-0.39, 0.29) is 6.61 Å². The van der Waals surface area contributed by atoms with Crippen LogP contribution in [-0.4, -0.2) is 90.3 Å². The molecule has 2 aromatic heterocycles. The molecule has 1 aromatic carbocycles. The van der Waals surface area contributed by atoms with E-state index in [1.165, 1.54) is 12.0 Å². The van der Waals surface area contributed by atoms with Gasteiger partial charge in [0, 0.05) is 32.2 Å². The number of likely N-dealkylation sites (tertiary alicyclic amines) is 1. The van der Waals surface area contributed by atoms with Crippen molar-refractivity contribution in [3.63, 3.8) is 0 Å². The number of piperidine rings is 2. The molecule has 6 heterocycles. The monoisotopic (exact) mass is 492 g/mol. The molecule has 1 saturated carbocycles. The molecule has 0 spiro atoms. The maximum Gasteiger partial charge on any atom is 0.167 e. The summed E-state index contributed by atoms with van der Waals surface area (Å²) in [5, 5.41) is 30.2. The number of fused-ring (bicyclic) bond motifs is 3. The zero-order chi connectivity index (χ0) is 24.4. The highest BCUT2D eigenvalue weighted by atomic mass is 16.6. The number of anilines is 1. The zero-order valence-electron chi connectivity index (χ0n) is 20.0. The lowest BCUT2D eigenvalue weighted by Gasteiger charge is -2.52. The lowest BCUT2D eigenvalue weighted by atomic mass is 9.66. The minimum atomic E-state index is -1.18. The summed E-state index contributed by atoms with van der Waals surface area (Å²) in [6.07, 6.45) is 1.49. The Kier molecular flexibility index (Phi) is 5.48. The fourth-order valence-electron chi connectivity index (χ4n) is 7.22. The van der Waals surface area contributed by atoms with Crippen molar-refractivity contribution >= 4 is 17.0 Å². The normalized spacial score (nSPS) is 36.1. The number of benzene rings is 1. The third-order valence-electron chi connectivity index (χ3n) is 8.90. The first-order valence-electron chi connectivity index (χ1n) is 12.9. The Hall–Kier alpha value is -2.63. The van der Waals surface area contributed by atoms with Crippen molar-refractivity contribution in [1.29, 1.82) is 0 Å². The number of nitrogens with zero attached hydrogens (tertiary/aromatic N) is 6. The van der Waals surface area contributed by atoms with Gasteiger partial charge in [-0.1, -0.05) is 30.3 Å². The molecule has 2 bridgehead atoms. The molecule has 0 radical (unpaired) electrons. The smallest absolute Gasteiger partial charge is 0.167 e. The summed E-state index contributed by atoms with van der Waals surface area (Å²) < 4.78 is 7.38. The molecule has 5 fully saturated rings. The number of aromatic nitrogens is 4. The second kappa shape index (κ2) is 8.74. The molecular formula is C26H32N6O4. The number of aliphatic hydroxyl groups is 3. The van der Waals surface area contributed by atoms with Crippen LogP contribution >= 0.6 is 0 Å². The van der Waals surface area contributed by atoms with Crippen LogP contribution in [0.5, 0.6) is 0 Å². The van der Waals surface area contributed by atoms with Crippen LogP contribution in [0.3, 0.4) is 0 Å². The Labute approximate surface area is 209 Å². The number of ether oxygens (including phenoxy) is 1. The van der Waals surface area contributed by atoms with Crippen molar-refractivity contribution in [2.24, 2.45) is 17.8 Å². The highest BCUT2D eigenvalue weighted by Crippen LogP contribution is 2.49. The average Bonchev–Trinajstić information content (AvgIpc) is 3.61. The Balaban J connectivity index is 1.16. The van der Waals surface area contributed by atoms with E-state index in [9.17, 15) is 15.3 Å². The number of aliphatic hydroxyl groups excluding tert-OH is 3. The fourth-order valence-corrected chi connectivity index (χ4v) is 7.22. The Bertz CT molecular complexity index is 1240. The summed E-state index contributed by atoms with van der Waals surface area (Å²) in [6, 6.07) is 11.1. The van der Waals surface area contributed by atoms with Gasteiger partial charge in [-0.25, -0.2) is 15.0 Å². The van der Waals surface area contributed by atoms with Crippen LogP contribution in [0.25, 0.3) is 11.2 Å². The lowest BCUT2D eigenvalue weighted by Crippen LogP contribution is -2.57. The van der Waals surface area contributed by atoms with Crippen LogP contribution in [-0.2, 0) is 11.3 Å². The van der Waals surface area contributed by atoms with Crippen LogP contribution in [0.1, 0.15) is 24.6 Å². The van der Waals surface area contributed by atoms with Gasteiger partial charge in [0.2, 0.25) is 0 Å². The average molecular weight is 493 g/mol. The minimum absolute atomic E-state index is 0.373. The number of imidazole rings is 1. The topological polar surface area (TPSA) is 120 Å². The second-order valence-electron chi connectivity index (χ2n) is 10.8. The van der Waals surface area contributed by atoms with Crippen LogP contribution in [0.2, 0.25) is 0 Å². The summed E-state index contributed by atoms with van der Waals surface area (Å²) in [4.78, 5) is 18.8. The van der Waals surface area contributed by atoms with E-state index in [2.05, 4.69) is 55.1 Å². The summed E-state index contributed by atoms with van der Waals surface area (Å²) in [5.41, 5.74) is 2.61. The molecular weight excluding hydrogens is 460 g/mol. The third-order valence-corrected chi connectivity index (χ3v) is 8.90. The summed E-state index contributed by atoms with van der Waals surface area (Å²) >= 11 is 0. The van der Waals surface area contributed by atoms with Crippen LogP contribution in [0, 0.1) is 17.8 Å². The van der Waals surface area contributed by atoms with Crippen LogP contribution < -0.4 is 4.90 Å². The highest BCUT2D eigenvalue weighted by molar-refractivity contribution is 5.83. The predicted octanol–water partition coefficient (Wildman–Crippen LogP) is 0.785. The van der Waals surface area contributed by atoms with Gasteiger partial charge in [0.1, 0.15) is 24.6 Å². The maximum absolute atomic E-state index is 10.5. The molecule has 3 N–H and O–H groups in total. The number of hydrogen-bond donors (Lipinski definition) is 3. The van der Waals surface area contributed by atoms with Crippen molar-refractivity contribution < 1.29 is 20.1 Å². The van der Waals surface area contributed by atoms with E-state index in [0.29, 0.717) is 29.0 Å². The lowest BCUT2D eigenvalue weighted by molar-refractivity contribution is -0.0511. The van der Waals surface area contributed by atoms with Crippen molar-refractivity contribution in [1.82, 2.24) is 24.4 Å².